The Kier molecular flexibility index (Phi) is 4.93. The number of aryl methyl sites for hydroxylation is 3. The van der Waals surface area contributed by atoms with E-state index in [-0.39, 0.29) is 11.9 Å². The molecule has 0 saturated heterocycles. The molecule has 136 valence electrons. The fourth-order valence-corrected chi connectivity index (χ4v) is 3.04. The van der Waals surface area contributed by atoms with Crippen molar-refractivity contribution in [2.75, 3.05) is 0 Å². The summed E-state index contributed by atoms with van der Waals surface area (Å²) in [6.45, 7) is 8.59. The van der Waals surface area contributed by atoms with Crippen LogP contribution in [-0.4, -0.2) is 36.4 Å². The summed E-state index contributed by atoms with van der Waals surface area (Å²) in [4.78, 5) is 14.8. The van der Waals surface area contributed by atoms with Gasteiger partial charge in [0.2, 0.25) is 0 Å². The number of carbonyl (C=O) groups excluding carboxylic acids is 1. The zero-order valence-corrected chi connectivity index (χ0v) is 16.0. The van der Waals surface area contributed by atoms with Crippen molar-refractivity contribution in [3.8, 4) is 5.69 Å². The maximum Gasteiger partial charge on any atom is 0.254 e. The van der Waals surface area contributed by atoms with Gasteiger partial charge in [-0.15, -0.1) is 0 Å². The van der Waals surface area contributed by atoms with Gasteiger partial charge in [0, 0.05) is 42.7 Å². The molecule has 6 nitrogen and oxygen atoms in total. The van der Waals surface area contributed by atoms with Gasteiger partial charge in [-0.05, 0) is 58.0 Å². The van der Waals surface area contributed by atoms with E-state index in [0.29, 0.717) is 12.1 Å². The van der Waals surface area contributed by atoms with E-state index in [0.717, 1.165) is 22.6 Å². The van der Waals surface area contributed by atoms with Gasteiger partial charge in [-0.2, -0.15) is 10.2 Å². The molecule has 6 heteroatoms. The van der Waals surface area contributed by atoms with E-state index in [1.807, 2.05) is 80.9 Å². The van der Waals surface area contributed by atoms with Gasteiger partial charge < -0.3 is 4.90 Å². The first-order chi connectivity index (χ1) is 12.3. The lowest BCUT2D eigenvalue weighted by molar-refractivity contribution is 0.0690. The molecule has 0 saturated carbocycles. The average Bonchev–Trinajstić information content (AvgIpc) is 3.16. The minimum atomic E-state index is 0.0174. The van der Waals surface area contributed by atoms with Crippen LogP contribution in [0.25, 0.3) is 5.69 Å². The number of benzene rings is 1. The summed E-state index contributed by atoms with van der Waals surface area (Å²) in [6, 6.07) is 9.75. The number of rotatable bonds is 5. The van der Waals surface area contributed by atoms with E-state index in [4.69, 9.17) is 0 Å². The van der Waals surface area contributed by atoms with Crippen LogP contribution < -0.4 is 0 Å². The fraction of sp³-hybridized carbons (Fsp3) is 0.350. The molecule has 0 aliphatic rings. The largest absolute Gasteiger partial charge is 0.332 e. The highest BCUT2D eigenvalue weighted by Gasteiger charge is 2.20. The van der Waals surface area contributed by atoms with Gasteiger partial charge in [0.1, 0.15) is 0 Å². The predicted molar refractivity (Wildman–Crippen MR) is 101 cm³/mol. The SMILES string of the molecule is Cc1cc(C)n(-c2ccc(C(=O)N(Cc3cnn(C)c3)C(C)C)cc2)n1. The van der Waals surface area contributed by atoms with Gasteiger partial charge in [-0.3, -0.25) is 9.48 Å². The highest BCUT2D eigenvalue weighted by atomic mass is 16.2. The Morgan fingerprint density at radius 2 is 1.88 bits per heavy atom. The van der Waals surface area contributed by atoms with Crippen molar-refractivity contribution < 1.29 is 4.79 Å². The zero-order valence-electron chi connectivity index (χ0n) is 16.0. The fourth-order valence-electron chi connectivity index (χ4n) is 3.04. The van der Waals surface area contributed by atoms with Gasteiger partial charge in [0.05, 0.1) is 17.6 Å². The normalized spacial score (nSPS) is 11.2. The summed E-state index contributed by atoms with van der Waals surface area (Å²) in [5.74, 6) is 0.0174. The first-order valence-corrected chi connectivity index (χ1v) is 8.77. The summed E-state index contributed by atoms with van der Waals surface area (Å²) in [5, 5.41) is 8.67. The van der Waals surface area contributed by atoms with Crippen LogP contribution in [0.1, 0.15) is 41.2 Å². The molecular weight excluding hydrogens is 326 g/mol. The summed E-state index contributed by atoms with van der Waals surface area (Å²) in [6.07, 6.45) is 3.74. The molecule has 1 aromatic carbocycles. The lowest BCUT2D eigenvalue weighted by Gasteiger charge is -2.26. The first-order valence-electron chi connectivity index (χ1n) is 8.77. The number of hydrogen-bond acceptors (Lipinski definition) is 3. The molecule has 2 heterocycles. The third-order valence-corrected chi connectivity index (χ3v) is 4.36. The highest BCUT2D eigenvalue weighted by Crippen LogP contribution is 2.17. The molecule has 0 N–H and O–H groups in total. The van der Waals surface area contributed by atoms with E-state index in [1.54, 1.807) is 10.9 Å². The van der Waals surface area contributed by atoms with Crippen LogP contribution in [0.2, 0.25) is 0 Å². The van der Waals surface area contributed by atoms with Gasteiger partial charge >= 0.3 is 0 Å². The third-order valence-electron chi connectivity index (χ3n) is 4.36. The van der Waals surface area contributed by atoms with Crippen LogP contribution >= 0.6 is 0 Å². The molecule has 0 bridgehead atoms. The number of aromatic nitrogens is 4. The van der Waals surface area contributed by atoms with E-state index >= 15 is 0 Å². The van der Waals surface area contributed by atoms with Crippen molar-refractivity contribution in [2.24, 2.45) is 7.05 Å². The molecule has 26 heavy (non-hydrogen) atoms. The lowest BCUT2D eigenvalue weighted by Crippen LogP contribution is -2.36. The summed E-state index contributed by atoms with van der Waals surface area (Å²) < 4.78 is 3.64. The molecule has 0 unspecified atom stereocenters. The molecule has 1 amide bonds. The Bertz CT molecular complexity index is 905. The monoisotopic (exact) mass is 351 g/mol. The Balaban J connectivity index is 1.82. The molecule has 0 fully saturated rings. The maximum absolute atomic E-state index is 13.0. The standard InChI is InChI=1S/C20H25N5O/c1-14(2)24(13-17-11-21-23(5)12-17)20(26)18-6-8-19(9-7-18)25-16(4)10-15(3)22-25/h6-12,14H,13H2,1-5H3. The van der Waals surface area contributed by atoms with Gasteiger partial charge in [0.15, 0.2) is 0 Å². The highest BCUT2D eigenvalue weighted by molar-refractivity contribution is 5.94. The molecule has 0 radical (unpaired) electrons. The molecule has 3 rings (SSSR count). The molecule has 0 aliphatic heterocycles. The summed E-state index contributed by atoms with van der Waals surface area (Å²) in [5.41, 5.74) is 4.70. The van der Waals surface area contributed by atoms with Crippen LogP contribution in [0.4, 0.5) is 0 Å². The molecule has 0 aliphatic carbocycles. The van der Waals surface area contributed by atoms with Crippen LogP contribution in [0.15, 0.2) is 42.7 Å². The second kappa shape index (κ2) is 7.15. The topological polar surface area (TPSA) is 56.0 Å². The van der Waals surface area contributed by atoms with Crippen LogP contribution in [0.5, 0.6) is 0 Å². The molecular formula is C20H25N5O. The van der Waals surface area contributed by atoms with Crippen molar-refractivity contribution in [3.05, 3.63) is 65.2 Å². The van der Waals surface area contributed by atoms with Crippen molar-refractivity contribution in [2.45, 2.75) is 40.3 Å². The van der Waals surface area contributed by atoms with Gasteiger partial charge in [0.25, 0.3) is 5.91 Å². The number of carbonyl (C=O) groups is 1. The van der Waals surface area contributed by atoms with Crippen LogP contribution in [0.3, 0.4) is 0 Å². The predicted octanol–water partition coefficient (Wildman–Crippen LogP) is 3.27. The Labute approximate surface area is 154 Å². The second-order valence-electron chi connectivity index (χ2n) is 6.93. The van der Waals surface area contributed by atoms with E-state index < -0.39 is 0 Å². The summed E-state index contributed by atoms with van der Waals surface area (Å²) >= 11 is 0. The van der Waals surface area contributed by atoms with Crippen LogP contribution in [0, 0.1) is 13.8 Å². The Morgan fingerprint density at radius 3 is 2.38 bits per heavy atom. The van der Waals surface area contributed by atoms with Crippen molar-refractivity contribution in [1.82, 2.24) is 24.5 Å². The minimum absolute atomic E-state index is 0.0174. The minimum Gasteiger partial charge on any atom is -0.332 e. The number of amides is 1. The maximum atomic E-state index is 13.0. The van der Waals surface area contributed by atoms with E-state index in [9.17, 15) is 4.79 Å². The lowest BCUT2D eigenvalue weighted by atomic mass is 10.1. The van der Waals surface area contributed by atoms with Crippen molar-refractivity contribution in [3.63, 3.8) is 0 Å². The first kappa shape index (κ1) is 17.9. The molecule has 0 atom stereocenters. The quantitative estimate of drug-likeness (QED) is 0.709. The number of hydrogen-bond donors (Lipinski definition) is 0. The molecule has 3 aromatic rings. The van der Waals surface area contributed by atoms with E-state index in [2.05, 4.69) is 10.2 Å². The van der Waals surface area contributed by atoms with Crippen LogP contribution in [-0.2, 0) is 13.6 Å². The molecule has 0 spiro atoms. The smallest absolute Gasteiger partial charge is 0.254 e. The Hall–Kier alpha value is -2.89. The van der Waals surface area contributed by atoms with Crippen molar-refractivity contribution in [1.29, 1.82) is 0 Å². The van der Waals surface area contributed by atoms with Crippen molar-refractivity contribution >= 4 is 5.91 Å². The second-order valence-corrected chi connectivity index (χ2v) is 6.93. The van der Waals surface area contributed by atoms with Gasteiger partial charge in [-0.25, -0.2) is 4.68 Å². The Morgan fingerprint density at radius 1 is 1.19 bits per heavy atom. The van der Waals surface area contributed by atoms with E-state index in [1.165, 1.54) is 0 Å². The summed E-state index contributed by atoms with van der Waals surface area (Å²) in [7, 11) is 1.88. The number of nitrogens with zero attached hydrogens (tertiary/aromatic N) is 5. The zero-order chi connectivity index (χ0) is 18.8. The van der Waals surface area contributed by atoms with Gasteiger partial charge in [-0.1, -0.05) is 0 Å². The third kappa shape index (κ3) is 3.69. The molecule has 2 aromatic heterocycles. The average molecular weight is 351 g/mol.